The lowest BCUT2D eigenvalue weighted by molar-refractivity contribution is -0.135. The number of amides is 1. The van der Waals surface area contributed by atoms with Crippen LogP contribution >= 0.6 is 0 Å². The maximum absolute atomic E-state index is 12.9. The van der Waals surface area contributed by atoms with Gasteiger partial charge in [0.25, 0.3) is 5.91 Å². The Morgan fingerprint density at radius 3 is 2.76 bits per heavy atom. The third-order valence-corrected chi connectivity index (χ3v) is 4.49. The molecule has 1 amide bonds. The minimum absolute atomic E-state index is 0.256. The van der Waals surface area contributed by atoms with E-state index in [0.29, 0.717) is 40.7 Å². The van der Waals surface area contributed by atoms with Crippen LogP contribution in [-0.2, 0) is 4.79 Å². The number of nitriles is 1. The van der Waals surface area contributed by atoms with E-state index in [1.807, 2.05) is 6.07 Å². The van der Waals surface area contributed by atoms with E-state index in [2.05, 4.69) is 5.10 Å². The van der Waals surface area contributed by atoms with E-state index in [1.54, 1.807) is 55.0 Å². The molecule has 0 spiro atoms. The molecule has 3 aromatic rings. The van der Waals surface area contributed by atoms with Gasteiger partial charge >= 0.3 is 0 Å². The predicted octanol–water partition coefficient (Wildman–Crippen LogP) is 3.51. The first-order chi connectivity index (χ1) is 14.2. The van der Waals surface area contributed by atoms with Gasteiger partial charge < -0.3 is 18.3 Å². The summed E-state index contributed by atoms with van der Waals surface area (Å²) in [4.78, 5) is 12.9. The van der Waals surface area contributed by atoms with Crippen molar-refractivity contribution >= 4 is 11.6 Å². The van der Waals surface area contributed by atoms with Crippen molar-refractivity contribution in [3.63, 3.8) is 0 Å². The van der Waals surface area contributed by atoms with Crippen LogP contribution in [0.3, 0.4) is 0 Å². The molecule has 1 aromatic carbocycles. The van der Waals surface area contributed by atoms with Gasteiger partial charge in [0.1, 0.15) is 23.3 Å². The molecular formula is C21H17N3O5. The highest BCUT2D eigenvalue weighted by Crippen LogP contribution is 2.34. The number of benzene rings is 1. The van der Waals surface area contributed by atoms with E-state index < -0.39 is 0 Å². The molecule has 3 heterocycles. The Balaban J connectivity index is 1.53. The number of hydrogen-bond donors (Lipinski definition) is 0. The number of carbonyl (C=O) groups is 1. The van der Waals surface area contributed by atoms with Gasteiger partial charge in [0.2, 0.25) is 0 Å². The van der Waals surface area contributed by atoms with Crippen molar-refractivity contribution in [3.05, 3.63) is 72.1 Å². The summed E-state index contributed by atoms with van der Waals surface area (Å²) in [6.07, 6.45) is 3.58. The van der Waals surface area contributed by atoms with E-state index in [4.69, 9.17) is 23.6 Å². The van der Waals surface area contributed by atoms with Gasteiger partial charge in [-0.1, -0.05) is 0 Å². The van der Waals surface area contributed by atoms with Crippen LogP contribution < -0.4 is 9.47 Å². The lowest BCUT2D eigenvalue weighted by atomic mass is 10.1. The second-order valence-electron chi connectivity index (χ2n) is 6.26. The first-order valence-corrected chi connectivity index (χ1v) is 8.87. The lowest BCUT2D eigenvalue weighted by Gasteiger charge is -2.20. The second kappa shape index (κ2) is 7.94. The zero-order chi connectivity index (χ0) is 20.2. The first-order valence-electron chi connectivity index (χ1n) is 8.87. The summed E-state index contributed by atoms with van der Waals surface area (Å²) >= 11 is 0. The normalized spacial score (nSPS) is 15.7. The van der Waals surface area contributed by atoms with Crippen molar-refractivity contribution in [1.82, 2.24) is 5.01 Å². The van der Waals surface area contributed by atoms with E-state index in [1.165, 1.54) is 12.1 Å². The second-order valence-corrected chi connectivity index (χ2v) is 6.26. The van der Waals surface area contributed by atoms with Crippen LogP contribution in [0.1, 0.15) is 29.5 Å². The molecule has 0 saturated carbocycles. The molecular weight excluding hydrogens is 374 g/mol. The van der Waals surface area contributed by atoms with Gasteiger partial charge in [-0.2, -0.15) is 10.4 Å². The van der Waals surface area contributed by atoms with Crippen molar-refractivity contribution in [2.24, 2.45) is 5.10 Å². The van der Waals surface area contributed by atoms with Crippen LogP contribution in [0.4, 0.5) is 0 Å². The van der Waals surface area contributed by atoms with Crippen LogP contribution in [-0.4, -0.2) is 30.3 Å². The average molecular weight is 391 g/mol. The standard InChI is InChI=1S/C21H17N3O5/c1-26-20-10-14(12-22)6-7-19(20)29-13-21(25)24-16(18-5-3-9-28-18)11-15(23-24)17-4-2-8-27-17/h2-10,16H,11,13H2,1H3. The molecule has 0 saturated heterocycles. The third kappa shape index (κ3) is 3.71. The van der Waals surface area contributed by atoms with Gasteiger partial charge in [0.15, 0.2) is 18.1 Å². The van der Waals surface area contributed by atoms with Crippen LogP contribution in [0.15, 0.2) is 68.9 Å². The fraction of sp³-hybridized carbons (Fsp3) is 0.190. The number of nitrogens with zero attached hydrogens (tertiary/aromatic N) is 3. The van der Waals surface area contributed by atoms with Gasteiger partial charge in [0.05, 0.1) is 31.3 Å². The van der Waals surface area contributed by atoms with Gasteiger partial charge in [0, 0.05) is 12.5 Å². The van der Waals surface area contributed by atoms with Crippen LogP contribution in [0.2, 0.25) is 0 Å². The monoisotopic (exact) mass is 391 g/mol. The molecule has 8 nitrogen and oxygen atoms in total. The van der Waals surface area contributed by atoms with Crippen LogP contribution in [0.25, 0.3) is 0 Å². The third-order valence-electron chi connectivity index (χ3n) is 4.49. The Hall–Kier alpha value is -3.99. The zero-order valence-corrected chi connectivity index (χ0v) is 15.6. The maximum atomic E-state index is 12.9. The molecule has 1 unspecified atom stereocenters. The summed E-state index contributed by atoms with van der Waals surface area (Å²) in [5.41, 5.74) is 1.09. The van der Waals surface area contributed by atoms with Gasteiger partial charge in [-0.25, -0.2) is 5.01 Å². The molecule has 8 heteroatoms. The minimum Gasteiger partial charge on any atom is -0.493 e. The number of furan rings is 2. The summed E-state index contributed by atoms with van der Waals surface area (Å²) in [5, 5.41) is 14.8. The molecule has 0 aliphatic carbocycles. The Morgan fingerprint density at radius 1 is 1.24 bits per heavy atom. The Morgan fingerprint density at radius 2 is 2.07 bits per heavy atom. The summed E-state index contributed by atoms with van der Waals surface area (Å²) in [6, 6.07) is 13.5. The lowest BCUT2D eigenvalue weighted by Crippen LogP contribution is -2.31. The fourth-order valence-electron chi connectivity index (χ4n) is 3.10. The van der Waals surface area contributed by atoms with Crippen LogP contribution in [0, 0.1) is 11.3 Å². The molecule has 4 rings (SSSR count). The predicted molar refractivity (Wildman–Crippen MR) is 101 cm³/mol. The van der Waals surface area contributed by atoms with E-state index in [-0.39, 0.29) is 18.6 Å². The molecule has 29 heavy (non-hydrogen) atoms. The fourth-order valence-corrected chi connectivity index (χ4v) is 3.10. The molecule has 0 bridgehead atoms. The summed E-state index contributed by atoms with van der Waals surface area (Å²) in [6.45, 7) is -0.256. The van der Waals surface area contributed by atoms with Crippen molar-refractivity contribution in [2.45, 2.75) is 12.5 Å². The largest absolute Gasteiger partial charge is 0.493 e. The minimum atomic E-state index is -0.385. The SMILES string of the molecule is COc1cc(C#N)ccc1OCC(=O)N1N=C(c2ccco2)CC1c1ccco1. The Kier molecular flexibility index (Phi) is 5.03. The van der Waals surface area contributed by atoms with Crippen molar-refractivity contribution < 1.29 is 23.1 Å². The zero-order valence-electron chi connectivity index (χ0n) is 15.6. The molecule has 0 N–H and O–H groups in total. The highest BCUT2D eigenvalue weighted by Gasteiger charge is 2.36. The highest BCUT2D eigenvalue weighted by atomic mass is 16.5. The average Bonchev–Trinajstić information content (AvgIpc) is 3.51. The van der Waals surface area contributed by atoms with Crippen molar-refractivity contribution in [3.8, 4) is 17.6 Å². The Bertz CT molecular complexity index is 1060. The molecule has 0 fully saturated rings. The summed E-state index contributed by atoms with van der Waals surface area (Å²) < 4.78 is 21.8. The number of methoxy groups -OCH3 is 1. The Labute approximate surface area is 166 Å². The van der Waals surface area contributed by atoms with Crippen molar-refractivity contribution in [2.75, 3.05) is 13.7 Å². The highest BCUT2D eigenvalue weighted by molar-refractivity contribution is 6.01. The number of carbonyl (C=O) groups excluding carboxylic acids is 1. The van der Waals surface area contributed by atoms with Gasteiger partial charge in [-0.05, 0) is 36.4 Å². The molecule has 1 aliphatic rings. The maximum Gasteiger partial charge on any atom is 0.281 e. The number of hydrogen-bond acceptors (Lipinski definition) is 7. The van der Waals surface area contributed by atoms with E-state index >= 15 is 0 Å². The first kappa shape index (κ1) is 18.4. The van der Waals surface area contributed by atoms with E-state index in [0.717, 1.165) is 0 Å². The van der Waals surface area contributed by atoms with Crippen molar-refractivity contribution in [1.29, 1.82) is 5.26 Å². The smallest absolute Gasteiger partial charge is 0.281 e. The molecule has 0 radical (unpaired) electrons. The van der Waals surface area contributed by atoms with E-state index in [9.17, 15) is 4.79 Å². The molecule has 1 atom stereocenters. The quantitative estimate of drug-likeness (QED) is 0.637. The van der Waals surface area contributed by atoms with Gasteiger partial charge in [-0.15, -0.1) is 0 Å². The summed E-state index contributed by atoms with van der Waals surface area (Å²) in [5.74, 6) is 1.62. The molecule has 1 aliphatic heterocycles. The topological polar surface area (TPSA) is 101 Å². The number of rotatable bonds is 6. The number of hydrazone groups is 1. The van der Waals surface area contributed by atoms with Gasteiger partial charge in [-0.3, -0.25) is 4.79 Å². The number of ether oxygens (including phenoxy) is 2. The molecule has 2 aromatic heterocycles. The molecule has 146 valence electrons. The summed E-state index contributed by atoms with van der Waals surface area (Å²) in [7, 11) is 1.47. The van der Waals surface area contributed by atoms with Crippen LogP contribution in [0.5, 0.6) is 11.5 Å².